The predicted molar refractivity (Wildman–Crippen MR) is 81.4 cm³/mol. The van der Waals surface area contributed by atoms with Crippen LogP contribution < -0.4 is 0 Å². The minimum Gasteiger partial charge on any atom is -0.296 e. The Labute approximate surface area is 120 Å². The van der Waals surface area contributed by atoms with Crippen molar-refractivity contribution in [1.82, 2.24) is 14.5 Å². The molecule has 0 fully saturated rings. The van der Waals surface area contributed by atoms with Gasteiger partial charge in [-0.1, -0.05) is 41.9 Å². The summed E-state index contributed by atoms with van der Waals surface area (Å²) in [4.78, 5) is 8.85. The molecule has 4 aromatic rings. The number of hydrogen-bond donors (Lipinski definition) is 0. The maximum absolute atomic E-state index is 6.34. The summed E-state index contributed by atoms with van der Waals surface area (Å²) < 4.78 is 1.97. The summed E-state index contributed by atoms with van der Waals surface area (Å²) in [5.74, 6) is 0. The third-order valence-corrected chi connectivity index (χ3v) is 3.65. The highest BCUT2D eigenvalue weighted by atomic mass is 35.5. The third kappa shape index (κ3) is 1.67. The molecule has 0 N–H and O–H groups in total. The molecular formula is C16H10ClN3. The SMILES string of the molecule is Clc1nc2ccccc2cc1-n1cnc2ccccc21. The summed E-state index contributed by atoms with van der Waals surface area (Å²) in [6, 6.07) is 17.9. The molecular weight excluding hydrogens is 270 g/mol. The molecule has 2 aromatic carbocycles. The zero-order chi connectivity index (χ0) is 13.5. The number of pyridine rings is 1. The minimum atomic E-state index is 0.479. The van der Waals surface area contributed by atoms with E-state index in [1.54, 1.807) is 6.33 Å². The molecule has 0 atom stereocenters. The second-order valence-electron chi connectivity index (χ2n) is 4.59. The summed E-state index contributed by atoms with van der Waals surface area (Å²) in [5, 5.41) is 1.54. The zero-order valence-corrected chi connectivity index (χ0v) is 11.2. The van der Waals surface area contributed by atoms with Gasteiger partial charge in [-0.25, -0.2) is 9.97 Å². The highest BCUT2D eigenvalue weighted by Gasteiger charge is 2.10. The quantitative estimate of drug-likeness (QED) is 0.488. The molecule has 96 valence electrons. The molecule has 0 unspecified atom stereocenters. The third-order valence-electron chi connectivity index (χ3n) is 3.37. The zero-order valence-electron chi connectivity index (χ0n) is 10.5. The van der Waals surface area contributed by atoms with Crippen LogP contribution in [0.4, 0.5) is 0 Å². The molecule has 0 bridgehead atoms. The van der Waals surface area contributed by atoms with Crippen LogP contribution in [-0.4, -0.2) is 14.5 Å². The van der Waals surface area contributed by atoms with Crippen LogP contribution in [0.5, 0.6) is 0 Å². The molecule has 0 saturated carbocycles. The van der Waals surface area contributed by atoms with Crippen LogP contribution >= 0.6 is 11.6 Å². The first-order chi connectivity index (χ1) is 9.83. The van der Waals surface area contributed by atoms with Gasteiger partial charge in [0, 0.05) is 5.39 Å². The highest BCUT2D eigenvalue weighted by molar-refractivity contribution is 6.31. The lowest BCUT2D eigenvalue weighted by Crippen LogP contribution is -1.95. The fourth-order valence-electron chi connectivity index (χ4n) is 2.40. The van der Waals surface area contributed by atoms with Crippen molar-refractivity contribution >= 4 is 33.5 Å². The van der Waals surface area contributed by atoms with Crippen LogP contribution in [0.2, 0.25) is 5.15 Å². The van der Waals surface area contributed by atoms with Crippen LogP contribution in [-0.2, 0) is 0 Å². The molecule has 2 aromatic heterocycles. The molecule has 0 aliphatic carbocycles. The van der Waals surface area contributed by atoms with Gasteiger partial charge >= 0.3 is 0 Å². The van der Waals surface area contributed by atoms with E-state index >= 15 is 0 Å². The van der Waals surface area contributed by atoms with Gasteiger partial charge in [0.1, 0.15) is 6.33 Å². The van der Waals surface area contributed by atoms with Gasteiger partial charge in [0.15, 0.2) is 5.15 Å². The van der Waals surface area contributed by atoms with Gasteiger partial charge in [-0.05, 0) is 24.3 Å². The lowest BCUT2D eigenvalue weighted by Gasteiger charge is -2.08. The second-order valence-corrected chi connectivity index (χ2v) is 4.95. The normalized spacial score (nSPS) is 11.2. The molecule has 0 spiro atoms. The van der Waals surface area contributed by atoms with Crippen molar-refractivity contribution in [3.8, 4) is 5.69 Å². The summed E-state index contributed by atoms with van der Waals surface area (Å²) in [6.45, 7) is 0. The Kier molecular flexibility index (Phi) is 2.47. The van der Waals surface area contributed by atoms with E-state index in [1.165, 1.54) is 0 Å². The first-order valence-electron chi connectivity index (χ1n) is 6.31. The number of halogens is 1. The van der Waals surface area contributed by atoms with Gasteiger partial charge < -0.3 is 0 Å². The van der Waals surface area contributed by atoms with Crippen LogP contribution in [0, 0.1) is 0 Å². The van der Waals surface area contributed by atoms with Crippen molar-refractivity contribution in [2.75, 3.05) is 0 Å². The predicted octanol–water partition coefficient (Wildman–Crippen LogP) is 4.23. The van der Waals surface area contributed by atoms with E-state index in [-0.39, 0.29) is 0 Å². The van der Waals surface area contributed by atoms with E-state index in [0.29, 0.717) is 5.15 Å². The molecule has 4 heteroatoms. The van der Waals surface area contributed by atoms with Gasteiger partial charge in [-0.3, -0.25) is 4.57 Å². The van der Waals surface area contributed by atoms with Crippen molar-refractivity contribution in [3.05, 3.63) is 66.1 Å². The van der Waals surface area contributed by atoms with Gasteiger partial charge in [0.05, 0.1) is 22.2 Å². The maximum Gasteiger partial charge on any atom is 0.153 e. The summed E-state index contributed by atoms with van der Waals surface area (Å²) in [6.07, 6.45) is 1.78. The van der Waals surface area contributed by atoms with Crippen molar-refractivity contribution < 1.29 is 0 Å². The molecule has 0 amide bonds. The Bertz CT molecular complexity index is 927. The number of rotatable bonds is 1. The number of imidazole rings is 1. The fourth-order valence-corrected chi connectivity index (χ4v) is 2.64. The average molecular weight is 280 g/mol. The van der Waals surface area contributed by atoms with Gasteiger partial charge in [0.2, 0.25) is 0 Å². The van der Waals surface area contributed by atoms with Crippen molar-refractivity contribution in [2.45, 2.75) is 0 Å². The summed E-state index contributed by atoms with van der Waals surface area (Å²) >= 11 is 6.34. The summed E-state index contributed by atoms with van der Waals surface area (Å²) in [7, 11) is 0. The number of nitrogens with zero attached hydrogens (tertiary/aromatic N) is 3. The van der Waals surface area contributed by atoms with Crippen molar-refractivity contribution in [1.29, 1.82) is 0 Å². The lowest BCUT2D eigenvalue weighted by atomic mass is 10.2. The van der Waals surface area contributed by atoms with E-state index in [9.17, 15) is 0 Å². The van der Waals surface area contributed by atoms with E-state index < -0.39 is 0 Å². The molecule has 20 heavy (non-hydrogen) atoms. The Hall–Kier alpha value is -2.39. The smallest absolute Gasteiger partial charge is 0.153 e. The maximum atomic E-state index is 6.34. The number of hydrogen-bond acceptors (Lipinski definition) is 2. The van der Waals surface area contributed by atoms with Crippen LogP contribution in [0.15, 0.2) is 60.9 Å². The Morgan fingerprint density at radius 2 is 1.65 bits per heavy atom. The molecule has 0 aliphatic heterocycles. The summed E-state index contributed by atoms with van der Waals surface area (Å²) in [5.41, 5.74) is 3.70. The van der Waals surface area contributed by atoms with Crippen LogP contribution in [0.25, 0.3) is 27.6 Å². The monoisotopic (exact) mass is 279 g/mol. The average Bonchev–Trinajstić information content (AvgIpc) is 2.90. The van der Waals surface area contributed by atoms with Crippen LogP contribution in [0.1, 0.15) is 0 Å². The Morgan fingerprint density at radius 1 is 0.900 bits per heavy atom. The molecule has 0 saturated heterocycles. The first-order valence-corrected chi connectivity index (χ1v) is 6.68. The Balaban J connectivity index is 2.04. The molecule has 3 nitrogen and oxygen atoms in total. The first kappa shape index (κ1) is 11.4. The number of para-hydroxylation sites is 3. The Morgan fingerprint density at radius 3 is 2.55 bits per heavy atom. The van der Waals surface area contributed by atoms with Crippen molar-refractivity contribution in [2.24, 2.45) is 0 Å². The molecule has 0 aliphatic rings. The topological polar surface area (TPSA) is 30.7 Å². The number of fused-ring (bicyclic) bond motifs is 2. The van der Waals surface area contributed by atoms with E-state index in [2.05, 4.69) is 9.97 Å². The lowest BCUT2D eigenvalue weighted by molar-refractivity contribution is 1.08. The largest absolute Gasteiger partial charge is 0.296 e. The fraction of sp³-hybridized carbons (Fsp3) is 0. The van der Waals surface area contributed by atoms with E-state index in [0.717, 1.165) is 27.6 Å². The minimum absolute atomic E-state index is 0.479. The van der Waals surface area contributed by atoms with E-state index in [1.807, 2.05) is 59.2 Å². The second kappa shape index (κ2) is 4.32. The standard InChI is InChI=1S/C16H10ClN3/c17-16-15(9-11-5-1-2-6-12(11)19-16)20-10-18-13-7-3-4-8-14(13)20/h1-10H. The number of benzene rings is 2. The van der Waals surface area contributed by atoms with Gasteiger partial charge in [-0.15, -0.1) is 0 Å². The van der Waals surface area contributed by atoms with E-state index in [4.69, 9.17) is 11.6 Å². The van der Waals surface area contributed by atoms with Crippen molar-refractivity contribution in [3.63, 3.8) is 0 Å². The molecule has 0 radical (unpaired) electrons. The van der Waals surface area contributed by atoms with Gasteiger partial charge in [0.25, 0.3) is 0 Å². The molecule has 4 rings (SSSR count). The van der Waals surface area contributed by atoms with Gasteiger partial charge in [-0.2, -0.15) is 0 Å². The molecule has 2 heterocycles. The van der Waals surface area contributed by atoms with Crippen LogP contribution in [0.3, 0.4) is 0 Å². The number of aromatic nitrogens is 3. The highest BCUT2D eigenvalue weighted by Crippen LogP contribution is 2.26.